The molecule has 0 fully saturated rings. The molecular formula is C13H32N2O7Si2. The summed E-state index contributed by atoms with van der Waals surface area (Å²) >= 11 is 0. The lowest BCUT2D eigenvalue weighted by Gasteiger charge is -2.34. The molecule has 0 aromatic carbocycles. The van der Waals surface area contributed by atoms with Crippen molar-refractivity contribution in [3.05, 3.63) is 0 Å². The van der Waals surface area contributed by atoms with Crippen LogP contribution >= 0.6 is 0 Å². The van der Waals surface area contributed by atoms with Crippen LogP contribution < -0.4 is 10.6 Å². The van der Waals surface area contributed by atoms with Gasteiger partial charge in [0.2, 0.25) is 0 Å². The topological polar surface area (TPSA) is 96.5 Å². The van der Waals surface area contributed by atoms with Gasteiger partial charge in [-0.3, -0.25) is 0 Å². The van der Waals surface area contributed by atoms with Crippen molar-refractivity contribution in [3.63, 3.8) is 0 Å². The van der Waals surface area contributed by atoms with Crippen LogP contribution in [0.4, 0.5) is 4.79 Å². The molecule has 0 bridgehead atoms. The fourth-order valence-corrected chi connectivity index (χ4v) is 6.92. The van der Waals surface area contributed by atoms with Crippen LogP contribution in [0.5, 0.6) is 0 Å². The zero-order valence-electron chi connectivity index (χ0n) is 15.9. The number of hydrogen-bond acceptors (Lipinski definition) is 7. The maximum absolute atomic E-state index is 12.5. The van der Waals surface area contributed by atoms with Crippen molar-refractivity contribution in [1.29, 1.82) is 0 Å². The second-order valence-corrected chi connectivity index (χ2v) is 11.2. The van der Waals surface area contributed by atoms with E-state index in [9.17, 15) is 4.79 Å². The highest BCUT2D eigenvalue weighted by Gasteiger charge is 2.50. The van der Waals surface area contributed by atoms with E-state index in [0.29, 0.717) is 12.8 Å². The average molecular weight is 385 g/mol. The Morgan fingerprint density at radius 2 is 0.958 bits per heavy atom. The monoisotopic (exact) mass is 384 g/mol. The molecule has 0 rings (SSSR count). The zero-order chi connectivity index (χ0) is 18.8. The lowest BCUT2D eigenvalue weighted by Crippen LogP contribution is -2.66. The molecule has 144 valence electrons. The molecule has 0 aliphatic carbocycles. The fraction of sp³-hybridized carbons (Fsp3) is 0.923. The Morgan fingerprint density at radius 1 is 0.708 bits per heavy atom. The standard InChI is InChI=1S/C13H32N2O7Si2/c1-9-11(23(17-3,18-4)19-5)14-13(16)15-12(10-2)24(20-6,21-7)22-8/h11-12H,9-10H2,1-8H3,(H2,14,15,16). The summed E-state index contributed by atoms with van der Waals surface area (Å²) in [4.78, 5) is 12.5. The van der Waals surface area contributed by atoms with Crippen LogP contribution in [0.1, 0.15) is 26.7 Å². The third-order valence-corrected chi connectivity index (χ3v) is 10.2. The van der Waals surface area contributed by atoms with Crippen molar-refractivity contribution in [3.8, 4) is 0 Å². The van der Waals surface area contributed by atoms with Crippen LogP contribution in [0, 0.1) is 0 Å². The summed E-state index contributed by atoms with van der Waals surface area (Å²) in [5, 5.41) is 5.72. The molecule has 0 aliphatic heterocycles. The van der Waals surface area contributed by atoms with Crippen LogP contribution in [0.25, 0.3) is 0 Å². The van der Waals surface area contributed by atoms with Gasteiger partial charge >= 0.3 is 23.6 Å². The van der Waals surface area contributed by atoms with E-state index in [0.717, 1.165) is 0 Å². The Labute approximate surface area is 147 Å². The van der Waals surface area contributed by atoms with Crippen LogP contribution in [0.3, 0.4) is 0 Å². The molecule has 0 aromatic heterocycles. The van der Waals surface area contributed by atoms with Gasteiger partial charge in [-0.05, 0) is 12.8 Å². The van der Waals surface area contributed by atoms with Gasteiger partial charge in [-0.2, -0.15) is 0 Å². The van der Waals surface area contributed by atoms with E-state index in [1.807, 2.05) is 13.8 Å². The molecule has 2 amide bonds. The van der Waals surface area contributed by atoms with Gasteiger partial charge in [0.1, 0.15) is 11.3 Å². The van der Waals surface area contributed by atoms with Crippen LogP contribution in [0.15, 0.2) is 0 Å². The van der Waals surface area contributed by atoms with E-state index in [2.05, 4.69) is 10.6 Å². The first kappa shape index (κ1) is 23.5. The predicted molar refractivity (Wildman–Crippen MR) is 93.4 cm³/mol. The largest absolute Gasteiger partial charge is 0.523 e. The number of hydrogen-bond donors (Lipinski definition) is 2. The lowest BCUT2D eigenvalue weighted by molar-refractivity contribution is 0.103. The van der Waals surface area contributed by atoms with E-state index in [1.165, 1.54) is 42.7 Å². The number of carbonyl (C=O) groups excluding carboxylic acids is 1. The summed E-state index contributed by atoms with van der Waals surface area (Å²) < 4.78 is 32.6. The van der Waals surface area contributed by atoms with Gasteiger partial charge in [-0.25, -0.2) is 4.79 Å². The minimum absolute atomic E-state index is 0.389. The van der Waals surface area contributed by atoms with Gasteiger partial charge in [-0.1, -0.05) is 13.8 Å². The number of nitrogens with one attached hydrogen (secondary N) is 2. The summed E-state index contributed by atoms with van der Waals surface area (Å²) in [6, 6.07) is -0.389. The molecule has 0 aliphatic rings. The van der Waals surface area contributed by atoms with Crippen molar-refractivity contribution < 1.29 is 31.4 Å². The van der Waals surface area contributed by atoms with Crippen LogP contribution in [-0.2, 0) is 26.6 Å². The van der Waals surface area contributed by atoms with E-state index in [-0.39, 0.29) is 6.03 Å². The van der Waals surface area contributed by atoms with E-state index < -0.39 is 28.9 Å². The third kappa shape index (κ3) is 5.23. The van der Waals surface area contributed by atoms with Crippen molar-refractivity contribution in [1.82, 2.24) is 10.6 Å². The van der Waals surface area contributed by atoms with Gasteiger partial charge in [0, 0.05) is 42.7 Å². The third-order valence-electron chi connectivity index (χ3n) is 3.99. The Hall–Kier alpha value is -0.536. The first-order valence-electron chi connectivity index (χ1n) is 7.76. The highest BCUT2D eigenvalue weighted by atomic mass is 28.4. The van der Waals surface area contributed by atoms with Gasteiger partial charge in [0.15, 0.2) is 0 Å². The van der Waals surface area contributed by atoms with E-state index in [1.54, 1.807) is 0 Å². The maximum Gasteiger partial charge on any atom is 0.523 e. The molecule has 0 heterocycles. The van der Waals surface area contributed by atoms with Crippen molar-refractivity contribution in [2.24, 2.45) is 0 Å². The van der Waals surface area contributed by atoms with Gasteiger partial charge in [0.25, 0.3) is 0 Å². The number of rotatable bonds is 12. The second-order valence-electron chi connectivity index (χ2n) is 4.97. The summed E-state index contributed by atoms with van der Waals surface area (Å²) in [6.07, 6.45) is 1.18. The SMILES string of the molecule is CCC(NC(=O)NC(CC)[Si](OC)(OC)OC)[Si](OC)(OC)OC. The van der Waals surface area contributed by atoms with E-state index >= 15 is 0 Å². The molecule has 0 aromatic rings. The fourth-order valence-electron chi connectivity index (χ4n) is 2.59. The molecular weight excluding hydrogens is 352 g/mol. The average Bonchev–Trinajstić information content (AvgIpc) is 2.63. The van der Waals surface area contributed by atoms with E-state index in [4.69, 9.17) is 26.6 Å². The Kier molecular flexibility index (Phi) is 10.9. The molecule has 0 spiro atoms. The Balaban J connectivity index is 5.14. The predicted octanol–water partition coefficient (Wildman–Crippen LogP) is 0.677. The highest BCUT2D eigenvalue weighted by Crippen LogP contribution is 2.16. The summed E-state index contributed by atoms with van der Waals surface area (Å²) in [7, 11) is 3.06. The smallest absolute Gasteiger partial charge is 0.376 e. The molecule has 11 heteroatoms. The quantitative estimate of drug-likeness (QED) is 0.478. The first-order chi connectivity index (χ1) is 11.4. The molecule has 2 atom stereocenters. The van der Waals surface area contributed by atoms with Crippen molar-refractivity contribution >= 4 is 23.6 Å². The zero-order valence-corrected chi connectivity index (χ0v) is 17.9. The van der Waals surface area contributed by atoms with Crippen molar-refractivity contribution in [2.45, 2.75) is 38.0 Å². The van der Waals surface area contributed by atoms with Gasteiger partial charge in [-0.15, -0.1) is 0 Å². The molecule has 24 heavy (non-hydrogen) atoms. The molecule has 9 nitrogen and oxygen atoms in total. The summed E-state index contributed by atoms with van der Waals surface area (Å²) in [6.45, 7) is 3.83. The molecule has 0 saturated carbocycles. The number of urea groups is 1. The maximum atomic E-state index is 12.5. The Morgan fingerprint density at radius 3 is 1.12 bits per heavy atom. The van der Waals surface area contributed by atoms with Crippen molar-refractivity contribution in [2.75, 3.05) is 42.7 Å². The molecule has 0 saturated heterocycles. The minimum atomic E-state index is -3.00. The van der Waals surface area contributed by atoms with Crippen LogP contribution in [0.2, 0.25) is 0 Å². The first-order valence-corrected chi connectivity index (χ1v) is 11.4. The lowest BCUT2D eigenvalue weighted by atomic mass is 10.4. The summed E-state index contributed by atoms with van der Waals surface area (Å²) in [5.74, 6) is 0. The highest BCUT2D eigenvalue weighted by molar-refractivity contribution is 6.63. The molecule has 2 unspecified atom stereocenters. The van der Waals surface area contributed by atoms with Gasteiger partial charge < -0.3 is 37.2 Å². The van der Waals surface area contributed by atoms with Crippen LogP contribution in [-0.4, -0.2) is 77.6 Å². The number of amides is 2. The van der Waals surface area contributed by atoms with Gasteiger partial charge in [0.05, 0.1) is 0 Å². The minimum Gasteiger partial charge on any atom is -0.376 e. The molecule has 2 N–H and O–H groups in total. The molecule has 0 radical (unpaired) electrons. The Bertz CT molecular complexity index is 320. The second kappa shape index (κ2) is 11.2. The normalized spacial score (nSPS) is 15.0. The number of carbonyl (C=O) groups is 1. The summed E-state index contributed by atoms with van der Waals surface area (Å²) in [5.41, 5.74) is -0.780.